The maximum Gasteiger partial charge on any atom is 0.322 e. The third-order valence-corrected chi connectivity index (χ3v) is 5.15. The number of nitrogens with zero attached hydrogens (tertiary/aromatic N) is 1. The molecule has 1 fully saturated rings. The van der Waals surface area contributed by atoms with Crippen LogP contribution in [0.25, 0.3) is 0 Å². The Kier molecular flexibility index (Phi) is 5.81. The van der Waals surface area contributed by atoms with Gasteiger partial charge in [-0.1, -0.05) is 12.1 Å². The number of carboxylic acid groups (broad SMARTS) is 1. The normalized spacial score (nSPS) is 18.6. The van der Waals surface area contributed by atoms with Gasteiger partial charge in [-0.25, -0.2) is 0 Å². The number of carbonyl (C=O) groups is 3. The highest BCUT2D eigenvalue weighted by molar-refractivity contribution is 6.19. The van der Waals surface area contributed by atoms with E-state index in [9.17, 15) is 19.5 Å². The maximum atomic E-state index is 13.0. The van der Waals surface area contributed by atoms with Crippen LogP contribution in [0.4, 0.5) is 0 Å². The minimum absolute atomic E-state index is 0.0944. The average Bonchev–Trinajstić information content (AvgIpc) is 3.46. The molecule has 29 heavy (non-hydrogen) atoms. The third kappa shape index (κ3) is 5.07. The molecule has 3 N–H and O–H groups in total. The molecule has 8 nitrogen and oxygen atoms in total. The van der Waals surface area contributed by atoms with Crippen LogP contribution in [0.3, 0.4) is 0 Å². The molecule has 0 aromatic heterocycles. The zero-order chi connectivity index (χ0) is 21.2. The molecule has 0 bridgehead atoms. The van der Waals surface area contributed by atoms with Crippen molar-refractivity contribution < 1.29 is 29.3 Å². The third-order valence-electron chi connectivity index (χ3n) is 5.15. The predicted molar refractivity (Wildman–Crippen MR) is 104 cm³/mol. The van der Waals surface area contributed by atoms with E-state index in [4.69, 9.17) is 9.84 Å². The van der Waals surface area contributed by atoms with E-state index >= 15 is 0 Å². The molecule has 1 heterocycles. The van der Waals surface area contributed by atoms with E-state index in [0.29, 0.717) is 5.92 Å². The van der Waals surface area contributed by atoms with Crippen LogP contribution >= 0.6 is 0 Å². The molecule has 2 amide bonds. The van der Waals surface area contributed by atoms with E-state index in [1.807, 2.05) is 24.3 Å². The molecule has 3 rings (SSSR count). The second-order valence-corrected chi connectivity index (χ2v) is 8.18. The first-order chi connectivity index (χ1) is 13.7. The monoisotopic (exact) mass is 402 g/mol. The van der Waals surface area contributed by atoms with E-state index in [2.05, 4.69) is 5.32 Å². The van der Waals surface area contributed by atoms with Crippen molar-refractivity contribution in [1.29, 1.82) is 0 Å². The summed E-state index contributed by atoms with van der Waals surface area (Å²) in [5.41, 5.74) is -0.259. The van der Waals surface area contributed by atoms with Crippen molar-refractivity contribution in [2.24, 2.45) is 5.92 Å². The van der Waals surface area contributed by atoms with Gasteiger partial charge in [-0.3, -0.25) is 14.4 Å². The highest BCUT2D eigenvalue weighted by atomic mass is 16.5. The molecule has 8 heteroatoms. The average molecular weight is 402 g/mol. The molecule has 1 saturated carbocycles. The smallest absolute Gasteiger partial charge is 0.322 e. The van der Waals surface area contributed by atoms with Gasteiger partial charge in [0.2, 0.25) is 0 Å². The topological polar surface area (TPSA) is 116 Å². The summed E-state index contributed by atoms with van der Waals surface area (Å²) in [6.45, 7) is 3.95. The zero-order valence-electron chi connectivity index (χ0n) is 16.6. The van der Waals surface area contributed by atoms with Crippen LogP contribution in [0.1, 0.15) is 38.7 Å². The lowest BCUT2D eigenvalue weighted by Gasteiger charge is -2.42. The van der Waals surface area contributed by atoms with Crippen molar-refractivity contribution in [3.8, 4) is 5.75 Å². The van der Waals surface area contributed by atoms with E-state index in [-0.39, 0.29) is 18.7 Å². The van der Waals surface area contributed by atoms with Gasteiger partial charge in [-0.05, 0) is 50.3 Å². The summed E-state index contributed by atoms with van der Waals surface area (Å²) in [6, 6.07) is 7.45. The molecule has 0 radical (unpaired) electrons. The molecule has 0 atom stereocenters. The Hall–Kier alpha value is -3.03. The quantitative estimate of drug-likeness (QED) is 0.573. The molecular formula is C21H26N2O6. The van der Waals surface area contributed by atoms with Crippen molar-refractivity contribution >= 4 is 17.8 Å². The summed E-state index contributed by atoms with van der Waals surface area (Å²) in [4.78, 5) is 37.4. The molecular weight excluding hydrogens is 376 g/mol. The first kappa shape index (κ1) is 20.7. The number of hydrogen-bond acceptors (Lipinski definition) is 5. The number of carbonyl (C=O) groups excluding carboxylic acids is 2. The molecule has 156 valence electrons. The Labute approximate surface area is 169 Å². The zero-order valence-corrected chi connectivity index (χ0v) is 16.6. The van der Waals surface area contributed by atoms with Gasteiger partial charge >= 0.3 is 5.97 Å². The Morgan fingerprint density at radius 2 is 1.90 bits per heavy atom. The van der Waals surface area contributed by atoms with Crippen molar-refractivity contribution in [3.05, 3.63) is 41.2 Å². The first-order valence-corrected chi connectivity index (χ1v) is 9.63. The van der Waals surface area contributed by atoms with Gasteiger partial charge in [-0.15, -0.1) is 0 Å². The summed E-state index contributed by atoms with van der Waals surface area (Å²) in [5, 5.41) is 21.1. The summed E-state index contributed by atoms with van der Waals surface area (Å²) in [5.74, 6) is -1.65. The largest absolute Gasteiger partial charge is 0.511 e. The van der Waals surface area contributed by atoms with Gasteiger partial charge in [0.15, 0.2) is 0 Å². The Morgan fingerprint density at radius 1 is 1.24 bits per heavy atom. The van der Waals surface area contributed by atoms with Gasteiger partial charge in [0.05, 0.1) is 6.61 Å². The van der Waals surface area contributed by atoms with Crippen LogP contribution in [0.5, 0.6) is 5.75 Å². The lowest BCUT2D eigenvalue weighted by molar-refractivity contribution is -0.140. The fourth-order valence-corrected chi connectivity index (χ4v) is 3.26. The molecule has 0 saturated heterocycles. The van der Waals surface area contributed by atoms with Crippen LogP contribution in [0.2, 0.25) is 0 Å². The second kappa shape index (κ2) is 8.14. The van der Waals surface area contributed by atoms with Crippen molar-refractivity contribution in [2.75, 3.05) is 13.2 Å². The Bertz CT molecular complexity index is 839. The lowest BCUT2D eigenvalue weighted by Crippen LogP contribution is -2.53. The van der Waals surface area contributed by atoms with Crippen molar-refractivity contribution in [3.63, 3.8) is 0 Å². The van der Waals surface area contributed by atoms with Crippen LogP contribution in [0.15, 0.2) is 35.6 Å². The number of aliphatic hydroxyl groups excluding tert-OH is 1. The number of hydrogen-bond donors (Lipinski definition) is 3. The van der Waals surface area contributed by atoms with Crippen LogP contribution in [0, 0.1) is 5.92 Å². The first-order valence-electron chi connectivity index (χ1n) is 9.63. The van der Waals surface area contributed by atoms with Gasteiger partial charge in [0, 0.05) is 18.5 Å². The number of aliphatic hydroxyl groups is 1. The van der Waals surface area contributed by atoms with Crippen LogP contribution < -0.4 is 10.1 Å². The molecule has 1 aromatic carbocycles. The predicted octanol–water partition coefficient (Wildman–Crippen LogP) is 2.00. The summed E-state index contributed by atoms with van der Waals surface area (Å²) in [7, 11) is 0. The highest BCUT2D eigenvalue weighted by Crippen LogP contribution is 2.33. The fourth-order valence-electron chi connectivity index (χ4n) is 3.26. The van der Waals surface area contributed by atoms with Gasteiger partial charge < -0.3 is 25.2 Å². The number of carboxylic acids is 1. The number of aliphatic carboxylic acids is 1. The van der Waals surface area contributed by atoms with Gasteiger partial charge in [0.25, 0.3) is 11.8 Å². The van der Waals surface area contributed by atoms with Crippen LogP contribution in [-0.4, -0.2) is 51.6 Å². The molecule has 2 aliphatic rings. The van der Waals surface area contributed by atoms with Gasteiger partial charge in [0.1, 0.15) is 23.6 Å². The second-order valence-electron chi connectivity index (χ2n) is 8.18. The number of benzene rings is 1. The Balaban J connectivity index is 1.72. The standard InChI is InChI=1S/C21H26N2O6/c1-21(2)9-16(24)18(19(27)22-10-17(25)26)20(28)23(21)11-13-5-7-15(8-6-13)29-12-14-3-4-14/h5-8,14,24H,3-4,9-12H2,1-2H3,(H,22,27)(H,25,26). The number of rotatable bonds is 8. The fraction of sp³-hybridized carbons (Fsp3) is 0.476. The molecule has 0 spiro atoms. The van der Waals surface area contributed by atoms with E-state index in [1.165, 1.54) is 17.7 Å². The van der Waals surface area contributed by atoms with E-state index < -0.39 is 35.4 Å². The van der Waals surface area contributed by atoms with Crippen LogP contribution in [-0.2, 0) is 20.9 Å². The summed E-state index contributed by atoms with van der Waals surface area (Å²) < 4.78 is 5.72. The molecule has 0 unspecified atom stereocenters. The van der Waals surface area contributed by atoms with E-state index in [1.54, 1.807) is 13.8 Å². The van der Waals surface area contributed by atoms with Crippen molar-refractivity contribution in [1.82, 2.24) is 10.2 Å². The molecule has 1 aliphatic heterocycles. The minimum Gasteiger partial charge on any atom is -0.511 e. The number of amides is 2. The summed E-state index contributed by atoms with van der Waals surface area (Å²) in [6.07, 6.45) is 2.52. The minimum atomic E-state index is -1.23. The highest BCUT2D eigenvalue weighted by Gasteiger charge is 2.42. The number of ether oxygens (including phenoxy) is 1. The van der Waals surface area contributed by atoms with Crippen molar-refractivity contribution in [2.45, 2.75) is 45.2 Å². The Morgan fingerprint density at radius 3 is 2.48 bits per heavy atom. The van der Waals surface area contributed by atoms with Gasteiger partial charge in [-0.2, -0.15) is 0 Å². The lowest BCUT2D eigenvalue weighted by atomic mass is 9.88. The molecule has 1 aliphatic carbocycles. The summed E-state index contributed by atoms with van der Waals surface area (Å²) >= 11 is 0. The van der Waals surface area contributed by atoms with E-state index in [0.717, 1.165) is 17.9 Å². The SMILES string of the molecule is CC1(C)CC(O)=C(C(=O)NCC(=O)O)C(=O)N1Cc1ccc(OCC2CC2)cc1. The maximum absolute atomic E-state index is 13.0. The number of nitrogens with one attached hydrogen (secondary N) is 1. The molecule has 1 aromatic rings.